The Morgan fingerprint density at radius 1 is 1.00 bits per heavy atom. The van der Waals surface area contributed by atoms with E-state index in [0.29, 0.717) is 18.9 Å². The predicted molar refractivity (Wildman–Crippen MR) is 114 cm³/mol. The Hall–Kier alpha value is -3.14. The van der Waals surface area contributed by atoms with Gasteiger partial charge in [0.05, 0.1) is 11.0 Å². The Morgan fingerprint density at radius 3 is 2.61 bits per heavy atom. The molecule has 0 spiro atoms. The van der Waals surface area contributed by atoms with Gasteiger partial charge in [-0.15, -0.1) is 0 Å². The van der Waals surface area contributed by atoms with Crippen LogP contribution in [0.25, 0.3) is 21.8 Å². The van der Waals surface area contributed by atoms with Crippen molar-refractivity contribution in [3.8, 4) is 0 Å². The van der Waals surface area contributed by atoms with E-state index in [0.717, 1.165) is 16.9 Å². The van der Waals surface area contributed by atoms with Crippen molar-refractivity contribution in [1.82, 2.24) is 14.9 Å². The standard InChI is InChI=1S/C24H25N3O/c1-17(2)15-25-24(28)16-27-22-13-6-5-12-21(22)26-23(27)14-19-10-7-9-18-8-3-4-11-20(18)19/h3-13,17H,14-16H2,1-2H3,(H,25,28). The number of hydrogen-bond acceptors (Lipinski definition) is 2. The maximum absolute atomic E-state index is 12.5. The van der Waals surface area contributed by atoms with Crippen LogP contribution in [0.5, 0.6) is 0 Å². The van der Waals surface area contributed by atoms with Gasteiger partial charge in [-0.2, -0.15) is 0 Å². The lowest BCUT2D eigenvalue weighted by atomic mass is 10.0. The summed E-state index contributed by atoms with van der Waals surface area (Å²) in [6, 6.07) is 22.8. The molecule has 28 heavy (non-hydrogen) atoms. The Labute approximate surface area is 165 Å². The molecular formula is C24H25N3O. The maximum Gasteiger partial charge on any atom is 0.240 e. The minimum atomic E-state index is 0.0241. The molecule has 0 saturated heterocycles. The van der Waals surface area contributed by atoms with Crippen LogP contribution in [-0.2, 0) is 17.8 Å². The van der Waals surface area contributed by atoms with E-state index >= 15 is 0 Å². The highest BCUT2D eigenvalue weighted by Gasteiger charge is 2.15. The SMILES string of the molecule is CC(C)CNC(=O)Cn1c(Cc2cccc3ccccc23)nc2ccccc21. The first kappa shape index (κ1) is 18.2. The van der Waals surface area contributed by atoms with E-state index in [1.807, 2.05) is 28.8 Å². The molecular weight excluding hydrogens is 346 g/mol. The Bertz CT molecular complexity index is 1120. The molecule has 0 radical (unpaired) electrons. The summed E-state index contributed by atoms with van der Waals surface area (Å²) >= 11 is 0. The summed E-state index contributed by atoms with van der Waals surface area (Å²) in [7, 11) is 0. The van der Waals surface area contributed by atoms with Crippen molar-refractivity contribution < 1.29 is 4.79 Å². The van der Waals surface area contributed by atoms with E-state index in [9.17, 15) is 4.79 Å². The number of benzene rings is 3. The molecule has 0 bridgehead atoms. The number of nitrogens with one attached hydrogen (secondary N) is 1. The highest BCUT2D eigenvalue weighted by molar-refractivity contribution is 5.86. The largest absolute Gasteiger partial charge is 0.354 e. The quantitative estimate of drug-likeness (QED) is 0.540. The van der Waals surface area contributed by atoms with Gasteiger partial charge in [0.1, 0.15) is 12.4 Å². The zero-order valence-corrected chi connectivity index (χ0v) is 16.4. The Balaban J connectivity index is 1.71. The van der Waals surface area contributed by atoms with Crippen LogP contribution in [0.2, 0.25) is 0 Å². The van der Waals surface area contributed by atoms with Crippen LogP contribution in [0, 0.1) is 5.92 Å². The van der Waals surface area contributed by atoms with Gasteiger partial charge in [0.25, 0.3) is 0 Å². The number of imidazole rings is 1. The van der Waals surface area contributed by atoms with Gasteiger partial charge in [0.2, 0.25) is 5.91 Å². The van der Waals surface area contributed by atoms with Crippen molar-refractivity contribution in [2.45, 2.75) is 26.8 Å². The number of para-hydroxylation sites is 2. The summed E-state index contributed by atoms with van der Waals surface area (Å²) in [5, 5.41) is 5.47. The van der Waals surface area contributed by atoms with Gasteiger partial charge in [-0.3, -0.25) is 4.79 Å². The average molecular weight is 371 g/mol. The van der Waals surface area contributed by atoms with Crippen molar-refractivity contribution in [2.75, 3.05) is 6.54 Å². The van der Waals surface area contributed by atoms with Crippen LogP contribution < -0.4 is 5.32 Å². The van der Waals surface area contributed by atoms with E-state index in [4.69, 9.17) is 4.98 Å². The number of carbonyl (C=O) groups excluding carboxylic acids is 1. The first-order valence-corrected chi connectivity index (χ1v) is 9.79. The lowest BCUT2D eigenvalue weighted by Gasteiger charge is -2.12. The second-order valence-corrected chi connectivity index (χ2v) is 7.62. The van der Waals surface area contributed by atoms with Crippen molar-refractivity contribution in [1.29, 1.82) is 0 Å². The third kappa shape index (κ3) is 3.77. The van der Waals surface area contributed by atoms with Crippen molar-refractivity contribution in [3.63, 3.8) is 0 Å². The fourth-order valence-electron chi connectivity index (χ4n) is 3.57. The molecule has 0 aliphatic heterocycles. The minimum Gasteiger partial charge on any atom is -0.354 e. The molecule has 1 N–H and O–H groups in total. The van der Waals surface area contributed by atoms with Gasteiger partial charge in [-0.25, -0.2) is 4.98 Å². The highest BCUT2D eigenvalue weighted by Crippen LogP contribution is 2.23. The molecule has 0 fully saturated rings. The first-order valence-electron chi connectivity index (χ1n) is 9.79. The molecule has 0 aliphatic rings. The second kappa shape index (κ2) is 7.85. The van der Waals surface area contributed by atoms with Crippen LogP contribution in [-0.4, -0.2) is 22.0 Å². The fourth-order valence-corrected chi connectivity index (χ4v) is 3.57. The molecule has 0 aliphatic carbocycles. The lowest BCUT2D eigenvalue weighted by molar-refractivity contribution is -0.121. The summed E-state index contributed by atoms with van der Waals surface area (Å²) < 4.78 is 2.05. The average Bonchev–Trinajstić information content (AvgIpc) is 3.04. The number of aromatic nitrogens is 2. The highest BCUT2D eigenvalue weighted by atomic mass is 16.1. The second-order valence-electron chi connectivity index (χ2n) is 7.62. The van der Waals surface area contributed by atoms with Gasteiger partial charge in [-0.1, -0.05) is 68.4 Å². The number of rotatable bonds is 6. The van der Waals surface area contributed by atoms with E-state index in [1.54, 1.807) is 0 Å². The smallest absolute Gasteiger partial charge is 0.240 e. The van der Waals surface area contributed by atoms with Crippen molar-refractivity contribution in [2.24, 2.45) is 5.92 Å². The van der Waals surface area contributed by atoms with Crippen LogP contribution >= 0.6 is 0 Å². The molecule has 4 rings (SSSR count). The number of carbonyl (C=O) groups is 1. The molecule has 0 atom stereocenters. The normalized spacial score (nSPS) is 11.4. The predicted octanol–water partition coefficient (Wildman–Crippen LogP) is 4.55. The number of amides is 1. The third-order valence-corrected chi connectivity index (χ3v) is 4.97. The fraction of sp³-hybridized carbons (Fsp3) is 0.250. The molecule has 142 valence electrons. The first-order chi connectivity index (χ1) is 13.6. The zero-order chi connectivity index (χ0) is 19.5. The summed E-state index contributed by atoms with van der Waals surface area (Å²) in [4.78, 5) is 17.4. The molecule has 0 saturated carbocycles. The van der Waals surface area contributed by atoms with E-state index in [-0.39, 0.29) is 12.5 Å². The monoisotopic (exact) mass is 371 g/mol. The molecule has 1 aromatic heterocycles. The van der Waals surface area contributed by atoms with Gasteiger partial charge < -0.3 is 9.88 Å². The molecule has 4 nitrogen and oxygen atoms in total. The molecule has 3 aromatic carbocycles. The summed E-state index contributed by atoms with van der Waals surface area (Å²) in [6.07, 6.45) is 0.688. The van der Waals surface area contributed by atoms with Crippen LogP contribution in [0.3, 0.4) is 0 Å². The molecule has 0 unspecified atom stereocenters. The minimum absolute atomic E-state index is 0.0241. The number of nitrogens with zero attached hydrogens (tertiary/aromatic N) is 2. The number of hydrogen-bond donors (Lipinski definition) is 1. The van der Waals surface area contributed by atoms with Gasteiger partial charge >= 0.3 is 0 Å². The number of fused-ring (bicyclic) bond motifs is 2. The summed E-state index contributed by atoms with van der Waals surface area (Å²) in [5.74, 6) is 1.37. The maximum atomic E-state index is 12.5. The molecule has 4 aromatic rings. The summed E-state index contributed by atoms with van der Waals surface area (Å²) in [6.45, 7) is 5.16. The Morgan fingerprint density at radius 2 is 1.75 bits per heavy atom. The van der Waals surface area contributed by atoms with Crippen LogP contribution in [0.15, 0.2) is 66.7 Å². The summed E-state index contributed by atoms with van der Waals surface area (Å²) in [5.41, 5.74) is 3.14. The van der Waals surface area contributed by atoms with E-state index < -0.39 is 0 Å². The van der Waals surface area contributed by atoms with Crippen LogP contribution in [0.4, 0.5) is 0 Å². The third-order valence-electron chi connectivity index (χ3n) is 4.97. The Kier molecular flexibility index (Phi) is 5.11. The van der Waals surface area contributed by atoms with E-state index in [2.05, 4.69) is 61.6 Å². The topological polar surface area (TPSA) is 46.9 Å². The zero-order valence-electron chi connectivity index (χ0n) is 16.4. The van der Waals surface area contributed by atoms with Crippen molar-refractivity contribution in [3.05, 3.63) is 78.1 Å². The molecule has 1 amide bonds. The van der Waals surface area contributed by atoms with Gasteiger partial charge in [0.15, 0.2) is 0 Å². The van der Waals surface area contributed by atoms with E-state index in [1.165, 1.54) is 16.3 Å². The molecule has 1 heterocycles. The molecule has 4 heteroatoms. The van der Waals surface area contributed by atoms with Gasteiger partial charge in [0, 0.05) is 13.0 Å². The van der Waals surface area contributed by atoms with Crippen molar-refractivity contribution >= 4 is 27.7 Å². The van der Waals surface area contributed by atoms with Gasteiger partial charge in [-0.05, 0) is 34.4 Å². The lowest BCUT2D eigenvalue weighted by Crippen LogP contribution is -2.31. The van der Waals surface area contributed by atoms with Crippen LogP contribution in [0.1, 0.15) is 25.2 Å².